The van der Waals surface area contributed by atoms with E-state index in [1.165, 1.54) is 22.2 Å². The summed E-state index contributed by atoms with van der Waals surface area (Å²) in [4.78, 5) is 28.5. The van der Waals surface area contributed by atoms with Crippen LogP contribution in [-0.4, -0.2) is 75.8 Å². The number of carbonyl (C=O) groups is 2. The smallest absolute Gasteiger partial charge is 0.243 e. The maximum absolute atomic E-state index is 12.8. The van der Waals surface area contributed by atoms with Gasteiger partial charge in [0, 0.05) is 45.2 Å². The van der Waals surface area contributed by atoms with Gasteiger partial charge in [-0.3, -0.25) is 14.5 Å². The highest BCUT2D eigenvalue weighted by molar-refractivity contribution is 7.89. The lowest BCUT2D eigenvalue weighted by atomic mass is 10.1. The fourth-order valence-corrected chi connectivity index (χ4v) is 5.35. The second-order valence-electron chi connectivity index (χ2n) is 7.60. The normalized spacial score (nSPS) is 19.9. The van der Waals surface area contributed by atoms with E-state index < -0.39 is 16.1 Å². The Kier molecular flexibility index (Phi) is 6.07. The number of rotatable bonds is 6. The average Bonchev–Trinajstić information content (AvgIpc) is 3.28. The van der Waals surface area contributed by atoms with Gasteiger partial charge in [-0.1, -0.05) is 0 Å². The number of hydrogen-bond acceptors (Lipinski definition) is 5. The molecule has 1 aromatic carbocycles. The molecule has 8 nitrogen and oxygen atoms in total. The molecular weight excluding hydrogens is 380 g/mol. The van der Waals surface area contributed by atoms with Gasteiger partial charge in [0.25, 0.3) is 0 Å². The van der Waals surface area contributed by atoms with Crippen molar-refractivity contribution in [2.45, 2.75) is 37.1 Å². The number of nitrogens with one attached hydrogen (secondary N) is 1. The number of carbonyl (C=O) groups excluding carboxylic acids is 2. The summed E-state index contributed by atoms with van der Waals surface area (Å²) in [6.45, 7) is 3.68. The number of sulfonamides is 1. The molecule has 2 aliphatic heterocycles. The maximum atomic E-state index is 12.8. The van der Waals surface area contributed by atoms with Crippen LogP contribution in [0.1, 0.15) is 25.3 Å². The van der Waals surface area contributed by atoms with Crippen LogP contribution < -0.4 is 10.2 Å². The topological polar surface area (TPSA) is 90.0 Å². The summed E-state index contributed by atoms with van der Waals surface area (Å²) in [5.74, 6) is -0.459. The SMILES string of the molecule is CC(=O)N1c2ccc(S(=O)(=O)N3CCCC3)cc2CC1C(=O)NCCN(C)C. The first kappa shape index (κ1) is 20.8. The molecule has 2 aliphatic rings. The number of benzene rings is 1. The minimum Gasteiger partial charge on any atom is -0.353 e. The second-order valence-corrected chi connectivity index (χ2v) is 9.54. The summed E-state index contributed by atoms with van der Waals surface area (Å²) in [5.41, 5.74) is 1.32. The van der Waals surface area contributed by atoms with Gasteiger partial charge >= 0.3 is 0 Å². The molecule has 0 aliphatic carbocycles. The van der Waals surface area contributed by atoms with Gasteiger partial charge in [-0.25, -0.2) is 8.42 Å². The third-order valence-corrected chi connectivity index (χ3v) is 7.13. The van der Waals surface area contributed by atoms with Gasteiger partial charge in [0.05, 0.1) is 4.90 Å². The number of hydrogen-bond donors (Lipinski definition) is 1. The molecular formula is C19H28N4O4S. The average molecular weight is 409 g/mol. The van der Waals surface area contributed by atoms with Crippen LogP contribution in [0.5, 0.6) is 0 Å². The molecule has 0 radical (unpaired) electrons. The molecule has 2 amide bonds. The Morgan fingerprint density at radius 2 is 1.89 bits per heavy atom. The molecule has 154 valence electrons. The van der Waals surface area contributed by atoms with Crippen LogP contribution in [-0.2, 0) is 26.0 Å². The molecule has 2 heterocycles. The van der Waals surface area contributed by atoms with Crippen molar-refractivity contribution in [3.63, 3.8) is 0 Å². The van der Waals surface area contributed by atoms with Crippen molar-refractivity contribution in [3.05, 3.63) is 23.8 Å². The van der Waals surface area contributed by atoms with Crippen LogP contribution in [0.15, 0.2) is 23.1 Å². The molecule has 0 aromatic heterocycles. The standard InChI is InChI=1S/C19H28N4O4S/c1-14(24)23-17-7-6-16(28(26,27)22-9-4-5-10-22)12-15(17)13-18(23)19(25)20-8-11-21(2)3/h6-7,12,18H,4-5,8-11,13H2,1-3H3,(H,20,25). The summed E-state index contributed by atoms with van der Waals surface area (Å²) < 4.78 is 27.2. The summed E-state index contributed by atoms with van der Waals surface area (Å²) in [6, 6.07) is 4.15. The Labute approximate surface area is 166 Å². The largest absolute Gasteiger partial charge is 0.353 e. The lowest BCUT2D eigenvalue weighted by molar-refractivity contribution is -0.125. The van der Waals surface area contributed by atoms with Gasteiger partial charge in [0.15, 0.2) is 0 Å². The van der Waals surface area contributed by atoms with E-state index in [0.29, 0.717) is 43.9 Å². The molecule has 0 saturated carbocycles. The van der Waals surface area contributed by atoms with Crippen LogP contribution in [0, 0.1) is 0 Å². The van der Waals surface area contributed by atoms with Crippen LogP contribution in [0.25, 0.3) is 0 Å². The van der Waals surface area contributed by atoms with Crippen molar-refractivity contribution in [2.75, 3.05) is 45.2 Å². The first-order valence-electron chi connectivity index (χ1n) is 9.57. The summed E-state index contributed by atoms with van der Waals surface area (Å²) in [6.07, 6.45) is 2.06. The van der Waals surface area contributed by atoms with E-state index in [0.717, 1.165) is 12.8 Å². The Bertz CT molecular complexity index is 863. The quantitative estimate of drug-likeness (QED) is 0.737. The lowest BCUT2D eigenvalue weighted by Gasteiger charge is -2.24. The number of fused-ring (bicyclic) bond motifs is 1. The van der Waals surface area contributed by atoms with Crippen LogP contribution >= 0.6 is 0 Å². The van der Waals surface area contributed by atoms with Crippen LogP contribution in [0.2, 0.25) is 0 Å². The molecule has 9 heteroatoms. The zero-order valence-corrected chi connectivity index (χ0v) is 17.5. The van der Waals surface area contributed by atoms with Crippen molar-refractivity contribution < 1.29 is 18.0 Å². The number of anilines is 1. The fourth-order valence-electron chi connectivity index (χ4n) is 3.79. The highest BCUT2D eigenvalue weighted by atomic mass is 32.2. The van der Waals surface area contributed by atoms with E-state index in [2.05, 4.69) is 5.32 Å². The van der Waals surface area contributed by atoms with E-state index >= 15 is 0 Å². The first-order valence-corrected chi connectivity index (χ1v) is 11.0. The van der Waals surface area contributed by atoms with Gasteiger partial charge in [-0.2, -0.15) is 4.31 Å². The van der Waals surface area contributed by atoms with Crippen molar-refractivity contribution >= 4 is 27.5 Å². The summed E-state index contributed by atoms with van der Waals surface area (Å²) >= 11 is 0. The minimum atomic E-state index is -3.54. The monoisotopic (exact) mass is 408 g/mol. The number of likely N-dealkylation sites (N-methyl/N-ethyl adjacent to an activating group) is 1. The molecule has 1 unspecified atom stereocenters. The molecule has 1 atom stereocenters. The van der Waals surface area contributed by atoms with E-state index in [1.54, 1.807) is 12.1 Å². The molecule has 28 heavy (non-hydrogen) atoms. The van der Waals surface area contributed by atoms with Gasteiger partial charge in [0.2, 0.25) is 21.8 Å². The predicted molar refractivity (Wildman–Crippen MR) is 107 cm³/mol. The van der Waals surface area contributed by atoms with E-state index in [1.807, 2.05) is 19.0 Å². The van der Waals surface area contributed by atoms with E-state index in [-0.39, 0.29) is 16.7 Å². The Morgan fingerprint density at radius 1 is 1.21 bits per heavy atom. The highest BCUT2D eigenvalue weighted by Crippen LogP contribution is 2.35. The van der Waals surface area contributed by atoms with Crippen LogP contribution in [0.4, 0.5) is 5.69 Å². The molecule has 1 N–H and O–H groups in total. The van der Waals surface area contributed by atoms with Crippen molar-refractivity contribution in [1.82, 2.24) is 14.5 Å². The summed E-state index contributed by atoms with van der Waals surface area (Å²) in [7, 11) is 0.301. The third kappa shape index (κ3) is 4.06. The Morgan fingerprint density at radius 3 is 2.50 bits per heavy atom. The highest BCUT2D eigenvalue weighted by Gasteiger charge is 2.38. The molecule has 0 spiro atoms. The second kappa shape index (κ2) is 8.18. The van der Waals surface area contributed by atoms with E-state index in [4.69, 9.17) is 0 Å². The van der Waals surface area contributed by atoms with Crippen molar-refractivity contribution in [3.8, 4) is 0 Å². The number of amides is 2. The lowest BCUT2D eigenvalue weighted by Crippen LogP contribution is -2.48. The van der Waals surface area contributed by atoms with Gasteiger partial charge in [-0.15, -0.1) is 0 Å². The van der Waals surface area contributed by atoms with Crippen molar-refractivity contribution in [1.29, 1.82) is 0 Å². The van der Waals surface area contributed by atoms with Crippen molar-refractivity contribution in [2.24, 2.45) is 0 Å². The first-order chi connectivity index (χ1) is 13.2. The predicted octanol–water partition coefficient (Wildman–Crippen LogP) is 0.427. The van der Waals surface area contributed by atoms with E-state index in [9.17, 15) is 18.0 Å². The molecule has 1 saturated heterocycles. The third-order valence-electron chi connectivity index (χ3n) is 5.24. The zero-order valence-electron chi connectivity index (χ0n) is 16.6. The Hall–Kier alpha value is -1.97. The number of nitrogens with zero attached hydrogens (tertiary/aromatic N) is 3. The summed E-state index contributed by atoms with van der Waals surface area (Å²) in [5, 5.41) is 2.86. The molecule has 1 aromatic rings. The minimum absolute atomic E-state index is 0.225. The van der Waals surface area contributed by atoms with Gasteiger partial charge in [0.1, 0.15) is 6.04 Å². The van der Waals surface area contributed by atoms with Crippen LogP contribution in [0.3, 0.4) is 0 Å². The molecule has 1 fully saturated rings. The van der Waals surface area contributed by atoms with Gasteiger partial charge in [-0.05, 0) is 50.7 Å². The maximum Gasteiger partial charge on any atom is 0.243 e. The van der Waals surface area contributed by atoms with Gasteiger partial charge < -0.3 is 10.2 Å². The molecule has 3 rings (SSSR count). The molecule has 0 bridgehead atoms. The zero-order chi connectivity index (χ0) is 20.5. The Balaban J connectivity index is 1.83. The fraction of sp³-hybridized carbons (Fsp3) is 0.579.